The van der Waals surface area contributed by atoms with Crippen molar-refractivity contribution in [3.8, 4) is 28.4 Å². The Labute approximate surface area is 376 Å². The number of hydrogen-bond acceptors (Lipinski definition) is 7. The van der Waals surface area contributed by atoms with Crippen LogP contribution in [0.4, 0.5) is 0 Å². The van der Waals surface area contributed by atoms with Gasteiger partial charge in [-0.2, -0.15) is 0 Å². The van der Waals surface area contributed by atoms with Gasteiger partial charge in [0.2, 0.25) is 0 Å². The SMILES string of the molecule is CCCCCCCCCc1ccc(OC(=O)c2ccc(OC(=O)c3ccc(OCCCCCCCOC(=O)c4ccc(-c5ccc(CCCCCCC)cc5)cc4)cc3)cc2)cc1. The Morgan fingerprint density at radius 2 is 0.698 bits per heavy atom. The highest BCUT2D eigenvalue weighted by molar-refractivity contribution is 5.93. The van der Waals surface area contributed by atoms with Crippen molar-refractivity contribution >= 4 is 17.9 Å². The molecule has 0 aliphatic carbocycles. The van der Waals surface area contributed by atoms with Gasteiger partial charge in [0.1, 0.15) is 17.2 Å². The summed E-state index contributed by atoms with van der Waals surface area (Å²) < 4.78 is 22.5. The summed E-state index contributed by atoms with van der Waals surface area (Å²) in [4.78, 5) is 38.1. The normalized spacial score (nSPS) is 11.0. The number of carbonyl (C=O) groups is 3. The molecule has 5 aromatic rings. The highest BCUT2D eigenvalue weighted by Crippen LogP contribution is 2.23. The summed E-state index contributed by atoms with van der Waals surface area (Å²) in [5, 5.41) is 0. The molecule has 0 atom stereocenters. The van der Waals surface area contributed by atoms with Crippen molar-refractivity contribution in [3.63, 3.8) is 0 Å². The van der Waals surface area contributed by atoms with Crippen LogP contribution in [-0.2, 0) is 17.6 Å². The van der Waals surface area contributed by atoms with E-state index in [0.717, 1.165) is 56.1 Å². The van der Waals surface area contributed by atoms with Gasteiger partial charge < -0.3 is 18.9 Å². The summed E-state index contributed by atoms with van der Waals surface area (Å²) >= 11 is 0. The molecule has 334 valence electrons. The maximum absolute atomic E-state index is 12.8. The van der Waals surface area contributed by atoms with Crippen LogP contribution in [0.2, 0.25) is 0 Å². The number of benzene rings is 5. The zero-order valence-corrected chi connectivity index (χ0v) is 37.8. The Kier molecular flexibility index (Phi) is 21.6. The lowest BCUT2D eigenvalue weighted by Gasteiger charge is -2.09. The second-order valence-electron chi connectivity index (χ2n) is 16.5. The number of esters is 3. The highest BCUT2D eigenvalue weighted by atomic mass is 16.5. The molecule has 5 aromatic carbocycles. The number of aryl methyl sites for hydroxylation is 2. The first-order chi connectivity index (χ1) is 30.9. The fourth-order valence-electron chi connectivity index (χ4n) is 7.46. The van der Waals surface area contributed by atoms with Crippen LogP contribution in [0.3, 0.4) is 0 Å². The third kappa shape index (κ3) is 17.9. The van der Waals surface area contributed by atoms with E-state index >= 15 is 0 Å². The van der Waals surface area contributed by atoms with Gasteiger partial charge in [0.25, 0.3) is 0 Å². The van der Waals surface area contributed by atoms with Gasteiger partial charge in [-0.25, -0.2) is 14.4 Å². The summed E-state index contributed by atoms with van der Waals surface area (Å²) in [7, 11) is 0. The monoisotopic (exact) mass is 852 g/mol. The molecule has 0 spiro atoms. The molecule has 0 bridgehead atoms. The standard InChI is InChI=1S/C56H68O7/c1-3-5-7-9-10-13-17-21-45-24-36-52(37-25-45)62-56(59)50-34-40-53(41-35-50)63-55(58)49-32-38-51(39-33-49)60-42-18-14-11-15-19-43-61-54(57)48-30-28-47(29-31-48)46-26-22-44(23-27-46)20-16-12-8-6-4-2/h22-41H,3-21,42-43H2,1-2H3. The Balaban J connectivity index is 0.895. The molecule has 0 aromatic heterocycles. The first-order valence-corrected chi connectivity index (χ1v) is 23.6. The van der Waals surface area contributed by atoms with Crippen LogP contribution >= 0.6 is 0 Å². The molecule has 0 aliphatic rings. The lowest BCUT2D eigenvalue weighted by molar-refractivity contribution is 0.0497. The van der Waals surface area contributed by atoms with Crippen LogP contribution in [0.5, 0.6) is 17.2 Å². The minimum Gasteiger partial charge on any atom is -0.494 e. The van der Waals surface area contributed by atoms with Crippen molar-refractivity contribution in [2.45, 2.75) is 136 Å². The van der Waals surface area contributed by atoms with Gasteiger partial charge in [0.15, 0.2) is 0 Å². The van der Waals surface area contributed by atoms with Gasteiger partial charge >= 0.3 is 17.9 Å². The largest absolute Gasteiger partial charge is 0.494 e. The van der Waals surface area contributed by atoms with E-state index in [9.17, 15) is 14.4 Å². The van der Waals surface area contributed by atoms with E-state index in [-0.39, 0.29) is 5.97 Å². The average molecular weight is 853 g/mol. The van der Waals surface area contributed by atoms with E-state index in [4.69, 9.17) is 18.9 Å². The van der Waals surface area contributed by atoms with Crippen molar-refractivity contribution in [2.75, 3.05) is 13.2 Å². The van der Waals surface area contributed by atoms with Crippen LogP contribution < -0.4 is 14.2 Å². The molecule has 0 fully saturated rings. The van der Waals surface area contributed by atoms with Crippen molar-refractivity contribution in [1.82, 2.24) is 0 Å². The summed E-state index contributed by atoms with van der Waals surface area (Å²) in [6, 6.07) is 37.3. The molecule has 0 aliphatic heterocycles. The number of unbranched alkanes of at least 4 members (excludes halogenated alkanes) is 14. The zero-order valence-electron chi connectivity index (χ0n) is 37.8. The van der Waals surface area contributed by atoms with Crippen LogP contribution in [0.1, 0.15) is 165 Å². The van der Waals surface area contributed by atoms with E-state index in [0.29, 0.717) is 47.2 Å². The minimum absolute atomic E-state index is 0.286. The van der Waals surface area contributed by atoms with Gasteiger partial charge in [-0.05, 0) is 134 Å². The topological polar surface area (TPSA) is 88.1 Å². The fourth-order valence-corrected chi connectivity index (χ4v) is 7.46. The predicted octanol–water partition coefficient (Wildman–Crippen LogP) is 14.8. The number of carbonyl (C=O) groups excluding carboxylic acids is 3. The fraction of sp³-hybridized carbons (Fsp3) is 0.411. The van der Waals surface area contributed by atoms with Crippen molar-refractivity contribution in [2.24, 2.45) is 0 Å². The summed E-state index contributed by atoms with van der Waals surface area (Å²) in [5.41, 5.74) is 6.19. The first kappa shape index (κ1) is 48.3. The van der Waals surface area contributed by atoms with E-state index in [1.165, 1.54) is 88.2 Å². The minimum atomic E-state index is -0.503. The Morgan fingerprint density at radius 3 is 1.19 bits per heavy atom. The van der Waals surface area contributed by atoms with Gasteiger partial charge in [-0.15, -0.1) is 0 Å². The smallest absolute Gasteiger partial charge is 0.343 e. The summed E-state index contributed by atoms with van der Waals surface area (Å²) in [6.45, 7) is 5.45. The van der Waals surface area contributed by atoms with E-state index in [2.05, 4.69) is 38.1 Å². The molecule has 0 saturated carbocycles. The van der Waals surface area contributed by atoms with Crippen LogP contribution in [0, 0.1) is 0 Å². The molecular formula is C56H68O7. The molecule has 0 amide bonds. The predicted molar refractivity (Wildman–Crippen MR) is 254 cm³/mol. The van der Waals surface area contributed by atoms with Crippen LogP contribution in [0.15, 0.2) is 121 Å². The molecular weight excluding hydrogens is 785 g/mol. The molecule has 0 radical (unpaired) electrons. The van der Waals surface area contributed by atoms with Crippen molar-refractivity contribution in [1.29, 1.82) is 0 Å². The van der Waals surface area contributed by atoms with E-state index in [1.807, 2.05) is 48.5 Å². The van der Waals surface area contributed by atoms with Gasteiger partial charge in [-0.3, -0.25) is 0 Å². The third-order valence-corrected chi connectivity index (χ3v) is 11.4. The number of ether oxygens (including phenoxy) is 4. The lowest BCUT2D eigenvalue weighted by atomic mass is 10.00. The van der Waals surface area contributed by atoms with Gasteiger partial charge in [0, 0.05) is 0 Å². The zero-order chi connectivity index (χ0) is 44.3. The first-order valence-electron chi connectivity index (χ1n) is 23.6. The van der Waals surface area contributed by atoms with Crippen molar-refractivity contribution in [3.05, 3.63) is 149 Å². The molecule has 0 unspecified atom stereocenters. The van der Waals surface area contributed by atoms with Gasteiger partial charge in [0.05, 0.1) is 29.9 Å². The second kappa shape index (κ2) is 28.1. The van der Waals surface area contributed by atoms with E-state index in [1.54, 1.807) is 48.5 Å². The van der Waals surface area contributed by atoms with E-state index < -0.39 is 11.9 Å². The molecule has 7 heteroatoms. The Hall–Kier alpha value is -5.69. The third-order valence-electron chi connectivity index (χ3n) is 11.4. The number of rotatable bonds is 29. The number of hydrogen-bond donors (Lipinski definition) is 0. The summed E-state index contributed by atoms with van der Waals surface area (Å²) in [5.74, 6) is 0.244. The van der Waals surface area contributed by atoms with Crippen LogP contribution in [0.25, 0.3) is 11.1 Å². The second-order valence-corrected chi connectivity index (χ2v) is 16.5. The van der Waals surface area contributed by atoms with Crippen LogP contribution in [-0.4, -0.2) is 31.1 Å². The summed E-state index contributed by atoms with van der Waals surface area (Å²) in [6.07, 6.45) is 22.3. The quantitative estimate of drug-likeness (QED) is 0.0269. The Bertz CT molecular complexity index is 2050. The molecule has 5 rings (SSSR count). The maximum Gasteiger partial charge on any atom is 0.343 e. The average Bonchev–Trinajstić information content (AvgIpc) is 3.31. The molecule has 0 heterocycles. The molecule has 63 heavy (non-hydrogen) atoms. The van der Waals surface area contributed by atoms with Gasteiger partial charge in [-0.1, -0.05) is 146 Å². The van der Waals surface area contributed by atoms with Crippen molar-refractivity contribution < 1.29 is 33.3 Å². The Morgan fingerprint density at radius 1 is 0.349 bits per heavy atom. The molecule has 0 saturated heterocycles. The molecule has 7 nitrogen and oxygen atoms in total. The highest BCUT2D eigenvalue weighted by Gasteiger charge is 2.13. The molecule has 0 N–H and O–H groups in total. The lowest BCUT2D eigenvalue weighted by Crippen LogP contribution is -2.10. The maximum atomic E-state index is 12.8.